The Morgan fingerprint density at radius 3 is 2.52 bits per heavy atom. The molecule has 0 saturated carbocycles. The summed E-state index contributed by atoms with van der Waals surface area (Å²) in [5, 5.41) is 1.37. The minimum Gasteiger partial charge on any atom is -0.385 e. The number of hydrogen-bond donors (Lipinski definition) is 1. The summed E-state index contributed by atoms with van der Waals surface area (Å²) in [4.78, 5) is 12.6. The van der Waals surface area contributed by atoms with Crippen molar-refractivity contribution in [3.63, 3.8) is 0 Å². The maximum Gasteiger partial charge on any atom is 0.260 e. The molecule has 2 N–H and O–H groups in total. The molecule has 0 fully saturated rings. The number of nitrogens with two attached hydrogens (primary N) is 1. The molecule has 1 aromatic heterocycles. The van der Waals surface area contributed by atoms with Gasteiger partial charge in [0.2, 0.25) is 0 Å². The molecule has 3 aromatic rings. The molecule has 0 saturated heterocycles. The number of anilines is 1. The number of rotatable bonds is 2. The Bertz CT molecular complexity index is 870. The molecule has 0 spiro atoms. The molecule has 0 aliphatic heterocycles. The minimum atomic E-state index is -0.469. The van der Waals surface area contributed by atoms with E-state index in [9.17, 15) is 9.18 Å². The Balaban J connectivity index is 2.26. The van der Waals surface area contributed by atoms with Crippen molar-refractivity contribution in [2.75, 3.05) is 5.73 Å². The van der Waals surface area contributed by atoms with Crippen molar-refractivity contribution in [1.82, 2.24) is 4.57 Å². The van der Waals surface area contributed by atoms with Crippen molar-refractivity contribution in [3.8, 4) is 0 Å². The molecule has 3 nitrogen and oxygen atoms in total. The highest BCUT2D eigenvalue weighted by molar-refractivity contribution is 5.83. The third-order valence-corrected chi connectivity index (χ3v) is 3.73. The average molecular weight is 282 g/mol. The molecule has 1 unspecified atom stereocenters. The van der Waals surface area contributed by atoms with Crippen LogP contribution in [0.4, 0.5) is 10.2 Å². The van der Waals surface area contributed by atoms with Crippen molar-refractivity contribution in [3.05, 3.63) is 76.3 Å². The van der Waals surface area contributed by atoms with Gasteiger partial charge in [-0.3, -0.25) is 9.36 Å². The summed E-state index contributed by atoms with van der Waals surface area (Å²) in [6, 6.07) is 14.9. The average Bonchev–Trinajstić information content (AvgIpc) is 2.47. The number of nitrogen functional groups attached to an aromatic ring is 1. The quantitative estimate of drug-likeness (QED) is 0.783. The molecular formula is C17H15FN2O. The molecule has 21 heavy (non-hydrogen) atoms. The van der Waals surface area contributed by atoms with E-state index >= 15 is 0 Å². The number of halogens is 1. The summed E-state index contributed by atoms with van der Waals surface area (Å²) in [6.45, 7) is 1.77. The maximum atomic E-state index is 13.9. The lowest BCUT2D eigenvalue weighted by molar-refractivity contribution is 0.554. The number of pyridine rings is 1. The van der Waals surface area contributed by atoms with Crippen molar-refractivity contribution < 1.29 is 4.39 Å². The van der Waals surface area contributed by atoms with E-state index < -0.39 is 6.04 Å². The molecule has 106 valence electrons. The summed E-state index contributed by atoms with van der Waals surface area (Å²) in [7, 11) is 0. The molecule has 2 aromatic carbocycles. The van der Waals surface area contributed by atoms with E-state index in [1.807, 2.05) is 12.1 Å². The summed E-state index contributed by atoms with van der Waals surface area (Å²) in [5.41, 5.74) is 6.26. The van der Waals surface area contributed by atoms with E-state index in [-0.39, 0.29) is 11.4 Å². The molecular weight excluding hydrogens is 267 g/mol. The van der Waals surface area contributed by atoms with Gasteiger partial charge in [-0.25, -0.2) is 4.39 Å². The zero-order valence-electron chi connectivity index (χ0n) is 11.6. The van der Waals surface area contributed by atoms with Crippen molar-refractivity contribution in [1.29, 1.82) is 0 Å². The van der Waals surface area contributed by atoms with Gasteiger partial charge in [-0.1, -0.05) is 36.4 Å². The van der Waals surface area contributed by atoms with Gasteiger partial charge in [-0.2, -0.15) is 0 Å². The molecule has 0 aliphatic carbocycles. The van der Waals surface area contributed by atoms with Gasteiger partial charge in [-0.15, -0.1) is 0 Å². The number of aromatic nitrogens is 1. The van der Waals surface area contributed by atoms with E-state index in [4.69, 9.17) is 5.73 Å². The van der Waals surface area contributed by atoms with Crippen LogP contribution in [0.3, 0.4) is 0 Å². The standard InChI is InChI=1S/C17H15FN2O/c1-11(13-7-4-5-9-15(13)18)20-16(19)10-12-6-2-3-8-14(12)17(20)21/h2-11H,19H2,1H3. The van der Waals surface area contributed by atoms with Crippen LogP contribution in [0.2, 0.25) is 0 Å². The van der Waals surface area contributed by atoms with Crippen molar-refractivity contribution in [2.45, 2.75) is 13.0 Å². The lowest BCUT2D eigenvalue weighted by Crippen LogP contribution is -2.27. The number of nitrogens with zero attached hydrogens (tertiary/aromatic N) is 1. The second-order valence-corrected chi connectivity index (χ2v) is 5.03. The van der Waals surface area contributed by atoms with Crippen LogP contribution in [-0.4, -0.2) is 4.57 Å². The van der Waals surface area contributed by atoms with Gasteiger partial charge in [0.15, 0.2) is 0 Å². The third kappa shape index (κ3) is 2.18. The zero-order chi connectivity index (χ0) is 15.0. The Morgan fingerprint density at radius 1 is 1.10 bits per heavy atom. The Kier molecular flexibility index (Phi) is 3.22. The van der Waals surface area contributed by atoms with Crippen molar-refractivity contribution >= 4 is 16.6 Å². The minimum absolute atomic E-state index is 0.207. The number of hydrogen-bond acceptors (Lipinski definition) is 2. The Morgan fingerprint density at radius 2 is 1.76 bits per heavy atom. The molecule has 3 rings (SSSR count). The summed E-state index contributed by atoms with van der Waals surface area (Å²) in [5.74, 6) is -0.0149. The molecule has 0 amide bonds. The highest BCUT2D eigenvalue weighted by atomic mass is 19.1. The Labute approximate surface area is 121 Å². The maximum absolute atomic E-state index is 13.9. The van der Waals surface area contributed by atoms with Crippen LogP contribution in [0.15, 0.2) is 59.4 Å². The van der Waals surface area contributed by atoms with E-state index in [2.05, 4.69) is 0 Å². The van der Waals surface area contributed by atoms with Gasteiger partial charge in [0.05, 0.1) is 6.04 Å². The molecule has 0 aliphatic rings. The van der Waals surface area contributed by atoms with E-state index in [1.54, 1.807) is 43.3 Å². The largest absolute Gasteiger partial charge is 0.385 e. The van der Waals surface area contributed by atoms with Crippen molar-refractivity contribution in [2.24, 2.45) is 0 Å². The second-order valence-electron chi connectivity index (χ2n) is 5.03. The monoisotopic (exact) mass is 282 g/mol. The SMILES string of the molecule is CC(c1ccccc1F)n1c(N)cc2ccccc2c1=O. The van der Waals surface area contributed by atoms with Crippen LogP contribution in [0.1, 0.15) is 18.5 Å². The zero-order valence-corrected chi connectivity index (χ0v) is 11.6. The summed E-state index contributed by atoms with van der Waals surface area (Å²) < 4.78 is 15.4. The van der Waals surface area contributed by atoms with E-state index in [0.29, 0.717) is 16.8 Å². The second kappa shape index (κ2) is 5.05. The van der Waals surface area contributed by atoms with Crippen LogP contribution in [0.25, 0.3) is 10.8 Å². The van der Waals surface area contributed by atoms with Crippen LogP contribution < -0.4 is 11.3 Å². The molecule has 4 heteroatoms. The Hall–Kier alpha value is -2.62. The smallest absolute Gasteiger partial charge is 0.260 e. The number of fused-ring (bicyclic) bond motifs is 1. The van der Waals surface area contributed by atoms with Crippen LogP contribution in [0, 0.1) is 5.82 Å². The highest BCUT2D eigenvalue weighted by Crippen LogP contribution is 2.23. The van der Waals surface area contributed by atoms with Crippen LogP contribution >= 0.6 is 0 Å². The fraction of sp³-hybridized carbons (Fsp3) is 0.118. The predicted octanol–water partition coefficient (Wildman–Crippen LogP) is 3.33. The normalized spacial score (nSPS) is 12.5. The topological polar surface area (TPSA) is 48.0 Å². The highest BCUT2D eigenvalue weighted by Gasteiger charge is 2.17. The fourth-order valence-electron chi connectivity index (χ4n) is 2.65. The van der Waals surface area contributed by atoms with Gasteiger partial charge < -0.3 is 5.73 Å². The fourth-order valence-corrected chi connectivity index (χ4v) is 2.65. The molecule has 0 radical (unpaired) electrons. The molecule has 0 bridgehead atoms. The first-order chi connectivity index (χ1) is 10.1. The van der Waals surface area contributed by atoms with Gasteiger partial charge in [0.25, 0.3) is 5.56 Å². The first-order valence-corrected chi connectivity index (χ1v) is 6.74. The van der Waals surface area contributed by atoms with Gasteiger partial charge >= 0.3 is 0 Å². The lowest BCUT2D eigenvalue weighted by Gasteiger charge is -2.19. The first-order valence-electron chi connectivity index (χ1n) is 6.74. The van der Waals surface area contributed by atoms with Crippen LogP contribution in [0.5, 0.6) is 0 Å². The van der Waals surface area contributed by atoms with E-state index in [1.165, 1.54) is 10.6 Å². The van der Waals surface area contributed by atoms with Gasteiger partial charge in [-0.05, 0) is 30.5 Å². The van der Waals surface area contributed by atoms with Gasteiger partial charge in [0, 0.05) is 10.9 Å². The summed E-state index contributed by atoms with van der Waals surface area (Å²) in [6.07, 6.45) is 0. The third-order valence-electron chi connectivity index (χ3n) is 3.73. The molecule has 1 heterocycles. The van der Waals surface area contributed by atoms with Gasteiger partial charge in [0.1, 0.15) is 11.6 Å². The number of benzene rings is 2. The predicted molar refractivity (Wildman–Crippen MR) is 82.8 cm³/mol. The summed E-state index contributed by atoms with van der Waals surface area (Å²) >= 11 is 0. The lowest BCUT2D eigenvalue weighted by atomic mass is 10.1. The van der Waals surface area contributed by atoms with E-state index in [0.717, 1.165) is 5.39 Å². The molecule has 1 atom stereocenters. The first kappa shape index (κ1) is 13.4. The van der Waals surface area contributed by atoms with Crippen LogP contribution in [-0.2, 0) is 0 Å².